The van der Waals surface area contributed by atoms with Crippen molar-refractivity contribution in [2.75, 3.05) is 18.4 Å². The van der Waals surface area contributed by atoms with Gasteiger partial charge in [0.15, 0.2) is 5.52 Å². The molecule has 2 aromatic heterocycles. The Hall–Kier alpha value is -2.71. The lowest BCUT2D eigenvalue weighted by molar-refractivity contribution is 0.0293. The van der Waals surface area contributed by atoms with Crippen LogP contribution >= 0.6 is 0 Å². The van der Waals surface area contributed by atoms with Gasteiger partial charge in [-0.2, -0.15) is 0 Å². The van der Waals surface area contributed by atoms with E-state index in [9.17, 15) is 9.90 Å². The van der Waals surface area contributed by atoms with E-state index in [-0.39, 0.29) is 23.5 Å². The molecule has 3 heterocycles. The maximum absolute atomic E-state index is 12.1. The van der Waals surface area contributed by atoms with Gasteiger partial charge in [-0.05, 0) is 27.2 Å². The number of ether oxygens (including phenoxy) is 1. The first-order valence-electron chi connectivity index (χ1n) is 7.73. The van der Waals surface area contributed by atoms with Crippen LogP contribution in [-0.4, -0.2) is 60.8 Å². The van der Waals surface area contributed by atoms with Crippen LogP contribution in [0.4, 0.5) is 10.7 Å². The van der Waals surface area contributed by atoms with Crippen molar-refractivity contribution in [3.63, 3.8) is 0 Å². The van der Waals surface area contributed by atoms with E-state index in [1.54, 1.807) is 4.90 Å². The first kappa shape index (κ1) is 16.2. The van der Waals surface area contributed by atoms with Gasteiger partial charge in [0.1, 0.15) is 17.4 Å². The molecule has 0 aromatic carbocycles. The van der Waals surface area contributed by atoms with E-state index in [4.69, 9.17) is 4.74 Å². The summed E-state index contributed by atoms with van der Waals surface area (Å²) in [6.07, 6.45) is 3.21. The first-order valence-corrected chi connectivity index (χ1v) is 7.73. The van der Waals surface area contributed by atoms with E-state index in [0.717, 1.165) is 6.42 Å². The fourth-order valence-electron chi connectivity index (χ4n) is 2.46. The van der Waals surface area contributed by atoms with Crippen LogP contribution < -0.4 is 5.32 Å². The predicted octanol–water partition coefficient (Wildman–Crippen LogP) is 1.55. The number of carbonyl (C=O) groups is 1. The van der Waals surface area contributed by atoms with Crippen molar-refractivity contribution in [2.45, 2.75) is 38.8 Å². The lowest BCUT2D eigenvalue weighted by Crippen LogP contribution is -2.36. The summed E-state index contributed by atoms with van der Waals surface area (Å²) in [5, 5.41) is 12.9. The Morgan fingerprint density at radius 3 is 2.92 bits per heavy atom. The van der Waals surface area contributed by atoms with E-state index < -0.39 is 5.60 Å². The fraction of sp³-hybridized carbons (Fsp3) is 0.533. The van der Waals surface area contributed by atoms with Crippen molar-refractivity contribution in [1.82, 2.24) is 24.8 Å². The molecule has 1 aliphatic rings. The topological polar surface area (TPSA) is 113 Å². The molecule has 1 atom stereocenters. The summed E-state index contributed by atoms with van der Waals surface area (Å²) in [6, 6.07) is 0.0155. The highest BCUT2D eigenvalue weighted by atomic mass is 16.6. The number of carbonyl (C=O) groups excluding carboxylic acids is 1. The third-order valence-electron chi connectivity index (χ3n) is 3.53. The molecule has 0 radical (unpaired) electrons. The minimum absolute atomic E-state index is 0.0155. The number of nitrogens with one attached hydrogen (secondary N) is 1. The molecule has 128 valence electrons. The summed E-state index contributed by atoms with van der Waals surface area (Å²) in [4.78, 5) is 29.8. The number of fused-ring (bicyclic) bond motifs is 1. The van der Waals surface area contributed by atoms with Crippen LogP contribution in [0.3, 0.4) is 0 Å². The van der Waals surface area contributed by atoms with Gasteiger partial charge in [-0.1, -0.05) is 0 Å². The molecule has 0 spiro atoms. The number of hydrogen-bond acceptors (Lipinski definition) is 8. The summed E-state index contributed by atoms with van der Waals surface area (Å²) < 4.78 is 5.37. The van der Waals surface area contributed by atoms with E-state index >= 15 is 0 Å². The quantitative estimate of drug-likeness (QED) is 0.851. The van der Waals surface area contributed by atoms with Gasteiger partial charge >= 0.3 is 6.09 Å². The molecule has 1 saturated heterocycles. The van der Waals surface area contributed by atoms with Crippen LogP contribution in [-0.2, 0) is 4.74 Å². The number of hydrogen-bond donors (Lipinski definition) is 2. The van der Waals surface area contributed by atoms with E-state index in [1.807, 2.05) is 20.8 Å². The molecule has 2 N–H and O–H groups in total. The minimum atomic E-state index is -0.512. The summed E-state index contributed by atoms with van der Waals surface area (Å²) >= 11 is 0. The van der Waals surface area contributed by atoms with E-state index in [1.165, 1.54) is 12.5 Å². The molecule has 0 unspecified atom stereocenters. The molecule has 1 fully saturated rings. The van der Waals surface area contributed by atoms with Gasteiger partial charge in [0, 0.05) is 19.1 Å². The monoisotopic (exact) mass is 332 g/mol. The largest absolute Gasteiger partial charge is 0.492 e. The van der Waals surface area contributed by atoms with Crippen LogP contribution in [0, 0.1) is 0 Å². The Bertz CT molecular complexity index is 760. The second-order valence-corrected chi connectivity index (χ2v) is 6.68. The van der Waals surface area contributed by atoms with Crippen LogP contribution in [0.2, 0.25) is 0 Å². The average molecular weight is 332 g/mol. The molecular formula is C15H20N6O3. The molecule has 0 aliphatic carbocycles. The molecule has 3 rings (SSSR count). The minimum Gasteiger partial charge on any atom is -0.492 e. The SMILES string of the molecule is CC(C)(C)OC(=O)N1CC[C@H](Nc2ncc3ncnc(O)c3n2)C1. The van der Waals surface area contributed by atoms with Gasteiger partial charge in [-0.25, -0.2) is 24.7 Å². The van der Waals surface area contributed by atoms with Crippen LogP contribution in [0.25, 0.3) is 11.0 Å². The highest BCUT2D eigenvalue weighted by Crippen LogP contribution is 2.20. The van der Waals surface area contributed by atoms with Crippen LogP contribution in [0.15, 0.2) is 12.5 Å². The number of aromatic nitrogens is 4. The smallest absolute Gasteiger partial charge is 0.410 e. The Balaban J connectivity index is 1.65. The Morgan fingerprint density at radius 1 is 1.38 bits per heavy atom. The zero-order chi connectivity index (χ0) is 17.3. The standard InChI is InChI=1S/C15H20N6O3/c1-15(2,3)24-14(23)21-5-4-9(7-21)19-13-16-6-10-11(20-13)12(22)18-8-17-10/h6,8-9H,4-5,7H2,1-3H3,(H,16,19,20)(H,17,18,22)/t9-/m0/s1. The summed E-state index contributed by atoms with van der Waals surface area (Å²) in [7, 11) is 0. The molecule has 0 saturated carbocycles. The van der Waals surface area contributed by atoms with Crippen molar-refractivity contribution in [3.05, 3.63) is 12.5 Å². The highest BCUT2D eigenvalue weighted by Gasteiger charge is 2.30. The number of anilines is 1. The van der Waals surface area contributed by atoms with Crippen molar-refractivity contribution >= 4 is 23.1 Å². The Morgan fingerprint density at radius 2 is 2.17 bits per heavy atom. The first-order chi connectivity index (χ1) is 11.3. The molecule has 24 heavy (non-hydrogen) atoms. The average Bonchev–Trinajstić information content (AvgIpc) is 2.95. The third kappa shape index (κ3) is 3.61. The molecule has 9 nitrogen and oxygen atoms in total. The van der Waals surface area contributed by atoms with E-state index in [2.05, 4.69) is 25.3 Å². The van der Waals surface area contributed by atoms with Crippen molar-refractivity contribution in [2.24, 2.45) is 0 Å². The predicted molar refractivity (Wildman–Crippen MR) is 86.6 cm³/mol. The maximum atomic E-state index is 12.1. The van der Waals surface area contributed by atoms with Crippen molar-refractivity contribution in [1.29, 1.82) is 0 Å². The van der Waals surface area contributed by atoms with Gasteiger partial charge in [0.2, 0.25) is 11.8 Å². The highest BCUT2D eigenvalue weighted by molar-refractivity contribution is 5.78. The van der Waals surface area contributed by atoms with Gasteiger partial charge in [0.05, 0.1) is 6.20 Å². The van der Waals surface area contributed by atoms with E-state index in [0.29, 0.717) is 24.6 Å². The Kier molecular flexibility index (Phi) is 4.08. The van der Waals surface area contributed by atoms with Crippen molar-refractivity contribution in [3.8, 4) is 5.88 Å². The van der Waals surface area contributed by atoms with Gasteiger partial charge < -0.3 is 20.1 Å². The second-order valence-electron chi connectivity index (χ2n) is 6.68. The normalized spacial score (nSPS) is 18.0. The molecule has 1 amide bonds. The summed E-state index contributed by atoms with van der Waals surface area (Å²) in [6.45, 7) is 6.64. The number of rotatable bonds is 2. The number of nitrogens with zero attached hydrogens (tertiary/aromatic N) is 5. The van der Waals surface area contributed by atoms with Gasteiger partial charge in [-0.3, -0.25) is 0 Å². The molecule has 1 aliphatic heterocycles. The van der Waals surface area contributed by atoms with Crippen molar-refractivity contribution < 1.29 is 14.6 Å². The Labute approximate surface area is 139 Å². The molecule has 0 bridgehead atoms. The third-order valence-corrected chi connectivity index (χ3v) is 3.53. The maximum Gasteiger partial charge on any atom is 0.410 e. The zero-order valence-electron chi connectivity index (χ0n) is 13.9. The van der Waals surface area contributed by atoms with Crippen LogP contribution in [0.1, 0.15) is 27.2 Å². The van der Waals surface area contributed by atoms with Gasteiger partial charge in [0.25, 0.3) is 0 Å². The molecule has 9 heteroatoms. The van der Waals surface area contributed by atoms with Crippen LogP contribution in [0.5, 0.6) is 5.88 Å². The van der Waals surface area contributed by atoms with Gasteiger partial charge in [-0.15, -0.1) is 0 Å². The fourth-order valence-corrected chi connectivity index (χ4v) is 2.46. The molecule has 2 aromatic rings. The number of amides is 1. The summed E-state index contributed by atoms with van der Waals surface area (Å²) in [5.41, 5.74) is 0.244. The summed E-state index contributed by atoms with van der Waals surface area (Å²) in [5.74, 6) is 0.177. The lowest BCUT2D eigenvalue weighted by atomic mass is 10.2. The zero-order valence-corrected chi connectivity index (χ0v) is 13.9. The number of aromatic hydroxyl groups is 1. The molecular weight excluding hydrogens is 312 g/mol. The number of likely N-dealkylation sites (tertiary alicyclic amines) is 1. The second kappa shape index (κ2) is 6.06. The lowest BCUT2D eigenvalue weighted by Gasteiger charge is -2.24.